The Bertz CT molecular complexity index is 730. The highest BCUT2D eigenvalue weighted by molar-refractivity contribution is 7.89. The molecule has 0 bridgehead atoms. The summed E-state index contributed by atoms with van der Waals surface area (Å²) in [6.45, 7) is 3.79. The number of hydrogen-bond acceptors (Lipinski definition) is 4. The molecule has 0 radical (unpaired) electrons. The summed E-state index contributed by atoms with van der Waals surface area (Å²) in [4.78, 5) is 12.5. The average Bonchev–Trinajstić information content (AvgIpc) is 3.20. The van der Waals surface area contributed by atoms with E-state index >= 15 is 0 Å². The summed E-state index contributed by atoms with van der Waals surface area (Å²) < 4.78 is 23.4. The van der Waals surface area contributed by atoms with Crippen LogP contribution in [0.15, 0.2) is 23.1 Å². The fourth-order valence-electron chi connectivity index (χ4n) is 3.61. The molecule has 1 aromatic rings. The van der Waals surface area contributed by atoms with Crippen LogP contribution in [0.2, 0.25) is 0 Å². The first-order valence-corrected chi connectivity index (χ1v) is 9.58. The SMILES string of the molecule is CCc1ccc(NC(=O)C2CC23CCNCC3)cc1S(N)(=O)=O.Cl. The van der Waals surface area contributed by atoms with Gasteiger partial charge in [0.05, 0.1) is 4.90 Å². The topological polar surface area (TPSA) is 101 Å². The molecular weight excluding hydrogens is 350 g/mol. The lowest BCUT2D eigenvalue weighted by atomic mass is 9.92. The number of hydrogen-bond donors (Lipinski definition) is 3. The van der Waals surface area contributed by atoms with Gasteiger partial charge in [-0.05, 0) is 61.9 Å². The Labute approximate surface area is 149 Å². The Balaban J connectivity index is 0.00000208. The smallest absolute Gasteiger partial charge is 0.238 e. The third-order valence-corrected chi connectivity index (χ3v) is 6.12. The van der Waals surface area contributed by atoms with Crippen LogP contribution < -0.4 is 15.8 Å². The highest BCUT2D eigenvalue weighted by Gasteiger charge is 2.57. The minimum absolute atomic E-state index is 0. The molecule has 1 saturated heterocycles. The van der Waals surface area contributed by atoms with Crippen LogP contribution in [0.25, 0.3) is 0 Å². The maximum Gasteiger partial charge on any atom is 0.238 e. The third-order valence-electron chi connectivity index (χ3n) is 5.13. The van der Waals surface area contributed by atoms with Crippen LogP contribution in [0.5, 0.6) is 0 Å². The molecule has 4 N–H and O–H groups in total. The van der Waals surface area contributed by atoms with Crippen LogP contribution >= 0.6 is 12.4 Å². The molecule has 24 heavy (non-hydrogen) atoms. The van der Waals surface area contributed by atoms with Crippen molar-refractivity contribution in [2.45, 2.75) is 37.5 Å². The van der Waals surface area contributed by atoms with Crippen molar-refractivity contribution < 1.29 is 13.2 Å². The Hall–Kier alpha value is -1.15. The molecule has 1 aliphatic carbocycles. The quantitative estimate of drug-likeness (QED) is 0.746. The van der Waals surface area contributed by atoms with Crippen molar-refractivity contribution in [3.05, 3.63) is 23.8 Å². The number of nitrogens with one attached hydrogen (secondary N) is 2. The number of sulfonamides is 1. The van der Waals surface area contributed by atoms with Gasteiger partial charge in [0.1, 0.15) is 0 Å². The van der Waals surface area contributed by atoms with Gasteiger partial charge in [0.15, 0.2) is 0 Å². The van der Waals surface area contributed by atoms with Gasteiger partial charge in [-0.1, -0.05) is 13.0 Å². The van der Waals surface area contributed by atoms with E-state index in [2.05, 4.69) is 10.6 Å². The number of primary sulfonamides is 1. The van der Waals surface area contributed by atoms with E-state index in [1.807, 2.05) is 6.92 Å². The molecular formula is C16H24ClN3O3S. The number of benzene rings is 1. The van der Waals surface area contributed by atoms with Gasteiger partial charge in [0.25, 0.3) is 0 Å². The maximum atomic E-state index is 12.5. The van der Waals surface area contributed by atoms with Gasteiger partial charge in [-0.15, -0.1) is 12.4 Å². The van der Waals surface area contributed by atoms with Crippen molar-refractivity contribution in [1.82, 2.24) is 5.32 Å². The van der Waals surface area contributed by atoms with Crippen molar-refractivity contribution in [3.63, 3.8) is 0 Å². The number of carbonyl (C=O) groups excluding carboxylic acids is 1. The molecule has 2 fully saturated rings. The largest absolute Gasteiger partial charge is 0.326 e. The summed E-state index contributed by atoms with van der Waals surface area (Å²) in [5.41, 5.74) is 1.31. The number of rotatable bonds is 4. The van der Waals surface area contributed by atoms with E-state index in [0.29, 0.717) is 17.7 Å². The van der Waals surface area contributed by atoms with Crippen molar-refractivity contribution in [2.24, 2.45) is 16.5 Å². The van der Waals surface area contributed by atoms with Crippen LogP contribution in [0.1, 0.15) is 31.7 Å². The number of anilines is 1. The van der Waals surface area contributed by atoms with Crippen molar-refractivity contribution in [3.8, 4) is 0 Å². The molecule has 1 atom stereocenters. The molecule has 0 aromatic heterocycles. The molecule has 1 unspecified atom stereocenters. The highest BCUT2D eigenvalue weighted by Crippen LogP contribution is 2.58. The molecule has 8 heteroatoms. The molecule has 3 rings (SSSR count). The summed E-state index contributed by atoms with van der Waals surface area (Å²) in [5.74, 6) is 0.0184. The fourth-order valence-corrected chi connectivity index (χ4v) is 4.48. The van der Waals surface area contributed by atoms with E-state index in [1.54, 1.807) is 12.1 Å². The summed E-state index contributed by atoms with van der Waals surface area (Å²) in [5, 5.41) is 11.4. The monoisotopic (exact) mass is 373 g/mol. The third kappa shape index (κ3) is 3.74. The van der Waals surface area contributed by atoms with Gasteiger partial charge in [0, 0.05) is 11.6 Å². The van der Waals surface area contributed by atoms with Crippen molar-refractivity contribution >= 4 is 34.0 Å². The van der Waals surface area contributed by atoms with E-state index in [-0.39, 0.29) is 34.5 Å². The number of piperidine rings is 1. The second-order valence-electron chi connectivity index (χ2n) is 6.58. The first-order valence-electron chi connectivity index (χ1n) is 8.03. The van der Waals surface area contributed by atoms with Gasteiger partial charge >= 0.3 is 0 Å². The van der Waals surface area contributed by atoms with E-state index in [1.165, 1.54) is 6.07 Å². The Morgan fingerprint density at radius 2 is 2.04 bits per heavy atom. The number of aryl methyl sites for hydroxylation is 1. The first-order chi connectivity index (χ1) is 10.9. The van der Waals surface area contributed by atoms with Gasteiger partial charge in [-0.3, -0.25) is 4.79 Å². The molecule has 1 aliphatic heterocycles. The second-order valence-corrected chi connectivity index (χ2v) is 8.11. The van der Waals surface area contributed by atoms with Gasteiger partial charge in [0.2, 0.25) is 15.9 Å². The van der Waals surface area contributed by atoms with E-state index < -0.39 is 10.0 Å². The molecule has 1 spiro atoms. The zero-order valence-electron chi connectivity index (χ0n) is 13.7. The Morgan fingerprint density at radius 1 is 1.38 bits per heavy atom. The average molecular weight is 374 g/mol. The molecule has 1 amide bonds. The lowest BCUT2D eigenvalue weighted by Crippen LogP contribution is -2.31. The zero-order valence-corrected chi connectivity index (χ0v) is 15.3. The van der Waals surface area contributed by atoms with Crippen molar-refractivity contribution in [2.75, 3.05) is 18.4 Å². The summed E-state index contributed by atoms with van der Waals surface area (Å²) in [7, 11) is -3.80. The summed E-state index contributed by atoms with van der Waals surface area (Å²) in [6.07, 6.45) is 3.55. The standard InChI is InChI=1S/C16H23N3O3S.ClH/c1-2-11-3-4-12(9-14(11)23(17,21)22)19-15(20)13-10-16(13)5-7-18-8-6-16;/h3-4,9,13,18H,2,5-8,10H2,1H3,(H,19,20)(H2,17,21,22);1H. The lowest BCUT2D eigenvalue weighted by molar-refractivity contribution is -0.118. The van der Waals surface area contributed by atoms with Gasteiger partial charge < -0.3 is 10.6 Å². The molecule has 1 aromatic carbocycles. The molecule has 1 saturated carbocycles. The predicted octanol–water partition coefficient (Wildman–Crippen LogP) is 1.65. The number of carbonyl (C=O) groups is 1. The predicted molar refractivity (Wildman–Crippen MR) is 95.7 cm³/mol. The van der Waals surface area contributed by atoms with Gasteiger partial charge in [-0.2, -0.15) is 0 Å². The summed E-state index contributed by atoms with van der Waals surface area (Å²) in [6, 6.07) is 4.91. The van der Waals surface area contributed by atoms with E-state index in [4.69, 9.17) is 5.14 Å². The first kappa shape index (κ1) is 19.2. The second kappa shape index (κ2) is 7.00. The van der Waals surface area contributed by atoms with Crippen LogP contribution in [0, 0.1) is 11.3 Å². The van der Waals surface area contributed by atoms with Crippen LogP contribution in [-0.4, -0.2) is 27.4 Å². The summed E-state index contributed by atoms with van der Waals surface area (Å²) >= 11 is 0. The molecule has 1 heterocycles. The molecule has 134 valence electrons. The van der Waals surface area contributed by atoms with E-state index in [9.17, 15) is 13.2 Å². The maximum absolute atomic E-state index is 12.5. The number of nitrogens with two attached hydrogens (primary N) is 1. The minimum atomic E-state index is -3.80. The minimum Gasteiger partial charge on any atom is -0.326 e. The normalized spacial score (nSPS) is 21.8. The molecule has 2 aliphatic rings. The van der Waals surface area contributed by atoms with Gasteiger partial charge in [-0.25, -0.2) is 13.6 Å². The fraction of sp³-hybridized carbons (Fsp3) is 0.562. The zero-order chi connectivity index (χ0) is 16.7. The lowest BCUT2D eigenvalue weighted by Gasteiger charge is -2.23. The van der Waals surface area contributed by atoms with Crippen LogP contribution in [0.3, 0.4) is 0 Å². The van der Waals surface area contributed by atoms with Crippen molar-refractivity contribution in [1.29, 1.82) is 0 Å². The van der Waals surface area contributed by atoms with Crippen LogP contribution in [-0.2, 0) is 21.2 Å². The van der Waals surface area contributed by atoms with E-state index in [0.717, 1.165) is 32.4 Å². The number of halogens is 1. The Morgan fingerprint density at radius 3 is 2.62 bits per heavy atom. The molecule has 6 nitrogen and oxygen atoms in total. The van der Waals surface area contributed by atoms with Crippen LogP contribution in [0.4, 0.5) is 5.69 Å². The Kier molecular flexibility index (Phi) is 5.59. The highest BCUT2D eigenvalue weighted by atomic mass is 35.5. The number of amides is 1.